The largest absolute Gasteiger partial charge is 0.348 e. The van der Waals surface area contributed by atoms with Crippen LogP contribution in [0.3, 0.4) is 0 Å². The summed E-state index contributed by atoms with van der Waals surface area (Å²) in [6.45, 7) is 0. The molecular weight excluding hydrogens is 301 g/mol. The van der Waals surface area contributed by atoms with Crippen LogP contribution in [-0.4, -0.2) is 15.0 Å². The summed E-state index contributed by atoms with van der Waals surface area (Å²) < 4.78 is 1.27. The molecule has 0 aliphatic carbocycles. The van der Waals surface area contributed by atoms with Gasteiger partial charge in [0.1, 0.15) is 5.65 Å². The molecule has 0 amide bonds. The maximum atomic E-state index is 3.78. The summed E-state index contributed by atoms with van der Waals surface area (Å²) >= 11 is 2.30. The Morgan fingerprint density at radius 2 is 1.87 bits per heavy atom. The minimum absolute atomic E-state index is 1.11. The Morgan fingerprint density at radius 1 is 1.07 bits per heavy atom. The first-order valence-electron chi connectivity index (χ1n) is 4.53. The number of rotatable bonds is 0. The first kappa shape index (κ1) is 10.2. The zero-order valence-electron chi connectivity index (χ0n) is 7.94. The molecule has 0 bridgehead atoms. The van der Waals surface area contributed by atoms with Crippen LogP contribution in [0.2, 0.25) is 0 Å². The number of hydrogen-bond acceptors (Lipinski definition) is 1. The van der Waals surface area contributed by atoms with Crippen molar-refractivity contribution in [1.82, 2.24) is 15.0 Å². The van der Waals surface area contributed by atoms with Crippen LogP contribution in [0.25, 0.3) is 11.0 Å². The predicted molar refractivity (Wildman–Crippen MR) is 69.6 cm³/mol. The molecule has 0 saturated heterocycles. The van der Waals surface area contributed by atoms with Gasteiger partial charge in [0.15, 0.2) is 0 Å². The molecule has 0 spiro atoms. The summed E-state index contributed by atoms with van der Waals surface area (Å²) in [5.41, 5.74) is 1.11. The van der Waals surface area contributed by atoms with Gasteiger partial charge in [0.25, 0.3) is 0 Å². The van der Waals surface area contributed by atoms with Gasteiger partial charge in [-0.15, -0.1) is 0 Å². The highest BCUT2D eigenvalue weighted by Crippen LogP contribution is 2.17. The van der Waals surface area contributed by atoms with Crippen molar-refractivity contribution in [3.05, 3.63) is 52.6 Å². The summed E-state index contributed by atoms with van der Waals surface area (Å²) in [7, 11) is 0. The summed E-state index contributed by atoms with van der Waals surface area (Å²) in [5, 5.41) is 1.27. The molecule has 3 aromatic heterocycles. The fourth-order valence-electron chi connectivity index (χ4n) is 1.21. The third-order valence-corrected chi connectivity index (χ3v) is 2.81. The number of pyridine rings is 1. The van der Waals surface area contributed by atoms with Crippen LogP contribution in [0, 0.1) is 3.57 Å². The van der Waals surface area contributed by atoms with Crippen LogP contribution < -0.4 is 0 Å². The topological polar surface area (TPSA) is 44.5 Å². The van der Waals surface area contributed by atoms with Gasteiger partial charge < -0.3 is 9.97 Å². The monoisotopic (exact) mass is 311 g/mol. The molecular formula is C11H10IN3. The number of aromatic nitrogens is 3. The van der Waals surface area contributed by atoms with Gasteiger partial charge in [-0.2, -0.15) is 0 Å². The normalized spacial score (nSPS) is 9.67. The van der Waals surface area contributed by atoms with Gasteiger partial charge in [0.05, 0.1) is 0 Å². The minimum atomic E-state index is 1.11. The number of H-pyrrole nitrogens is 2. The minimum Gasteiger partial charge on any atom is -0.348 e. The van der Waals surface area contributed by atoms with E-state index >= 15 is 0 Å². The van der Waals surface area contributed by atoms with Crippen LogP contribution in [0.5, 0.6) is 0 Å². The molecule has 76 valence electrons. The Balaban J connectivity index is 0.000000124. The van der Waals surface area contributed by atoms with Gasteiger partial charge in [0.2, 0.25) is 0 Å². The van der Waals surface area contributed by atoms with Gasteiger partial charge >= 0.3 is 0 Å². The lowest BCUT2D eigenvalue weighted by molar-refractivity contribution is 1.33. The Morgan fingerprint density at radius 3 is 2.40 bits per heavy atom. The van der Waals surface area contributed by atoms with Crippen LogP contribution in [0.15, 0.2) is 49.1 Å². The van der Waals surface area contributed by atoms with E-state index in [1.54, 1.807) is 12.4 Å². The summed E-state index contributed by atoms with van der Waals surface area (Å²) in [6.07, 6.45) is 7.42. The van der Waals surface area contributed by atoms with Crippen molar-refractivity contribution in [2.24, 2.45) is 0 Å². The quantitative estimate of drug-likeness (QED) is 0.615. The van der Waals surface area contributed by atoms with E-state index < -0.39 is 0 Å². The van der Waals surface area contributed by atoms with Gasteiger partial charge in [-0.1, -0.05) is 6.07 Å². The average Bonchev–Trinajstić information content (AvgIpc) is 2.88. The number of nitrogens with one attached hydrogen (secondary N) is 2. The van der Waals surface area contributed by atoms with Crippen molar-refractivity contribution < 1.29 is 0 Å². The molecule has 4 heteroatoms. The van der Waals surface area contributed by atoms with Crippen LogP contribution >= 0.6 is 22.6 Å². The first-order valence-corrected chi connectivity index (χ1v) is 5.61. The molecule has 0 atom stereocenters. The second kappa shape index (κ2) is 4.97. The number of halogens is 1. The highest BCUT2D eigenvalue weighted by atomic mass is 127. The molecule has 15 heavy (non-hydrogen) atoms. The van der Waals surface area contributed by atoms with Crippen molar-refractivity contribution in [3.8, 4) is 0 Å². The average molecular weight is 311 g/mol. The second-order valence-electron chi connectivity index (χ2n) is 2.93. The van der Waals surface area contributed by atoms with E-state index in [2.05, 4.69) is 43.6 Å². The molecule has 0 aliphatic heterocycles. The van der Waals surface area contributed by atoms with Gasteiger partial charge in [-0.25, -0.2) is 0 Å². The van der Waals surface area contributed by atoms with Gasteiger partial charge in [-0.05, 0) is 40.8 Å². The number of nitrogens with zero attached hydrogens (tertiary/aromatic N) is 1. The highest BCUT2D eigenvalue weighted by molar-refractivity contribution is 14.1. The lowest BCUT2D eigenvalue weighted by Gasteiger charge is -1.73. The van der Waals surface area contributed by atoms with Crippen LogP contribution in [-0.2, 0) is 0 Å². The van der Waals surface area contributed by atoms with Gasteiger partial charge in [-0.3, -0.25) is 4.98 Å². The lowest BCUT2D eigenvalue weighted by Crippen LogP contribution is -1.58. The standard InChI is InChI=1S/C6H5IN2.C5H5N/c7-5-3-9-6-4(5)1-2-8-6;1-2-4-6-5-3-1/h1-3,8-9H;1-5H. The van der Waals surface area contributed by atoms with E-state index in [0.717, 1.165) is 5.65 Å². The Bertz CT molecular complexity index is 486. The molecule has 0 aliphatic rings. The van der Waals surface area contributed by atoms with Crippen molar-refractivity contribution in [3.63, 3.8) is 0 Å². The number of aromatic amines is 2. The zero-order valence-corrected chi connectivity index (χ0v) is 10.1. The Kier molecular flexibility index (Phi) is 3.39. The molecule has 3 aromatic rings. The third kappa shape index (κ3) is 2.59. The molecule has 0 aromatic carbocycles. The summed E-state index contributed by atoms with van der Waals surface area (Å²) in [4.78, 5) is 9.97. The van der Waals surface area contributed by atoms with Crippen LogP contribution in [0.4, 0.5) is 0 Å². The van der Waals surface area contributed by atoms with E-state index in [0.29, 0.717) is 0 Å². The molecule has 2 N–H and O–H groups in total. The fourth-order valence-corrected chi connectivity index (χ4v) is 1.82. The smallest absolute Gasteiger partial charge is 0.115 e. The Hall–Kier alpha value is -1.30. The van der Waals surface area contributed by atoms with Gasteiger partial charge in [0, 0.05) is 33.7 Å². The van der Waals surface area contributed by atoms with Crippen molar-refractivity contribution in [2.75, 3.05) is 0 Å². The molecule has 0 unspecified atom stereocenters. The van der Waals surface area contributed by atoms with Crippen molar-refractivity contribution >= 4 is 33.6 Å². The molecule has 3 heterocycles. The van der Waals surface area contributed by atoms with E-state index in [1.165, 1.54) is 8.96 Å². The fraction of sp³-hybridized carbons (Fsp3) is 0. The zero-order chi connectivity index (χ0) is 10.5. The molecule has 3 rings (SSSR count). The van der Waals surface area contributed by atoms with E-state index in [1.807, 2.05) is 30.6 Å². The summed E-state index contributed by atoms with van der Waals surface area (Å²) in [6, 6.07) is 7.78. The second-order valence-corrected chi connectivity index (χ2v) is 4.09. The lowest BCUT2D eigenvalue weighted by atomic mass is 10.4. The molecule has 0 fully saturated rings. The van der Waals surface area contributed by atoms with Crippen molar-refractivity contribution in [1.29, 1.82) is 0 Å². The van der Waals surface area contributed by atoms with Crippen molar-refractivity contribution in [2.45, 2.75) is 0 Å². The highest BCUT2D eigenvalue weighted by Gasteiger charge is 1.97. The number of hydrogen-bond donors (Lipinski definition) is 2. The van der Waals surface area contributed by atoms with E-state index in [9.17, 15) is 0 Å². The SMILES string of the molecule is Ic1c[nH]c2[nH]ccc12.c1ccncc1. The van der Waals surface area contributed by atoms with Crippen LogP contribution in [0.1, 0.15) is 0 Å². The Labute approximate surface area is 101 Å². The van der Waals surface area contributed by atoms with E-state index in [4.69, 9.17) is 0 Å². The molecule has 0 radical (unpaired) electrons. The molecule has 3 nitrogen and oxygen atoms in total. The third-order valence-electron chi connectivity index (χ3n) is 1.91. The predicted octanol–water partition coefficient (Wildman–Crippen LogP) is 3.18. The summed E-state index contributed by atoms with van der Waals surface area (Å²) in [5.74, 6) is 0. The molecule has 0 saturated carbocycles. The van der Waals surface area contributed by atoms with E-state index in [-0.39, 0.29) is 0 Å². The maximum Gasteiger partial charge on any atom is 0.115 e. The number of fused-ring (bicyclic) bond motifs is 1. The maximum absolute atomic E-state index is 3.78. The first-order chi connectivity index (χ1) is 7.38.